The molecule has 5 rings (SSSR count). The molecule has 0 radical (unpaired) electrons. The molecular weight excluding hydrogens is 512 g/mol. The number of halogens is 1. The number of benzene rings is 2. The van der Waals surface area contributed by atoms with E-state index in [4.69, 9.17) is 16.3 Å². The van der Waals surface area contributed by atoms with E-state index in [9.17, 15) is 14.4 Å². The molecule has 0 saturated heterocycles. The minimum atomic E-state index is -0.473. The van der Waals surface area contributed by atoms with Crippen molar-refractivity contribution in [2.24, 2.45) is 10.8 Å². The fraction of sp³-hybridized carbons (Fsp3) is 0.406. The molecule has 204 valence electrons. The first kappa shape index (κ1) is 27.2. The Kier molecular flexibility index (Phi) is 6.96. The number of Topliss-reactive ketones (excluding diaryl/α,β-unsaturated/α-hetero) is 2. The summed E-state index contributed by atoms with van der Waals surface area (Å²) in [5.41, 5.74) is 5.37. The zero-order valence-corrected chi connectivity index (χ0v) is 23.9. The van der Waals surface area contributed by atoms with Crippen molar-refractivity contribution in [1.82, 2.24) is 5.32 Å². The van der Waals surface area contributed by atoms with Gasteiger partial charge in [-0.2, -0.15) is 0 Å². The minimum absolute atomic E-state index is 0.0622. The molecule has 0 aromatic heterocycles. The Morgan fingerprint density at radius 3 is 2.13 bits per heavy atom. The second-order valence-corrected chi connectivity index (χ2v) is 13.0. The van der Waals surface area contributed by atoms with Crippen LogP contribution in [0, 0.1) is 17.8 Å². The summed E-state index contributed by atoms with van der Waals surface area (Å²) >= 11 is 6.65. The van der Waals surface area contributed by atoms with Gasteiger partial charge in [0.2, 0.25) is 0 Å². The third-order valence-electron chi connectivity index (χ3n) is 7.67. The molecule has 0 atom stereocenters. The first-order chi connectivity index (χ1) is 18.3. The van der Waals surface area contributed by atoms with Crippen molar-refractivity contribution in [1.29, 1.82) is 0 Å². The van der Waals surface area contributed by atoms with Crippen molar-refractivity contribution in [2.45, 2.75) is 66.2 Å². The number of hydrogen-bond acceptors (Lipinski definition) is 5. The van der Waals surface area contributed by atoms with E-state index in [1.807, 2.05) is 37.3 Å². The zero-order valence-electron chi connectivity index (χ0n) is 23.2. The zero-order chi connectivity index (χ0) is 28.1. The summed E-state index contributed by atoms with van der Waals surface area (Å²) in [6.07, 6.45) is 2.33. The van der Waals surface area contributed by atoms with Gasteiger partial charge in [0, 0.05) is 47.0 Å². The SMILES string of the molecule is Cc1cccc(NC(=O)COc2ccc(C3C4=C(CC(C)(C)CC4=O)NC4=C3C(=O)CC(C)(C)C4)cc2Cl)c1. The van der Waals surface area contributed by atoms with E-state index in [-0.39, 0.29) is 34.9 Å². The number of ether oxygens (including phenoxy) is 1. The van der Waals surface area contributed by atoms with Gasteiger partial charge in [0.15, 0.2) is 18.2 Å². The lowest BCUT2D eigenvalue weighted by atomic mass is 9.64. The second kappa shape index (κ2) is 9.98. The second-order valence-electron chi connectivity index (χ2n) is 12.6. The van der Waals surface area contributed by atoms with E-state index >= 15 is 0 Å². The molecule has 0 unspecified atom stereocenters. The molecule has 39 heavy (non-hydrogen) atoms. The number of ketones is 2. The van der Waals surface area contributed by atoms with Crippen LogP contribution in [0.4, 0.5) is 5.69 Å². The van der Waals surface area contributed by atoms with Gasteiger partial charge in [-0.1, -0.05) is 57.5 Å². The summed E-state index contributed by atoms with van der Waals surface area (Å²) in [6.45, 7) is 10.2. The van der Waals surface area contributed by atoms with E-state index in [0.717, 1.165) is 35.4 Å². The van der Waals surface area contributed by atoms with Crippen LogP contribution in [0.25, 0.3) is 0 Å². The fourth-order valence-corrected chi connectivity index (χ4v) is 6.34. The smallest absolute Gasteiger partial charge is 0.262 e. The topological polar surface area (TPSA) is 84.5 Å². The maximum Gasteiger partial charge on any atom is 0.262 e. The highest BCUT2D eigenvalue weighted by molar-refractivity contribution is 6.32. The Labute approximate surface area is 234 Å². The highest BCUT2D eigenvalue weighted by atomic mass is 35.5. The number of hydrogen-bond donors (Lipinski definition) is 2. The van der Waals surface area contributed by atoms with Gasteiger partial charge in [-0.25, -0.2) is 0 Å². The van der Waals surface area contributed by atoms with E-state index in [1.54, 1.807) is 12.1 Å². The third-order valence-corrected chi connectivity index (χ3v) is 7.96. The van der Waals surface area contributed by atoms with Crippen LogP contribution in [0.5, 0.6) is 5.75 Å². The van der Waals surface area contributed by atoms with Crippen molar-refractivity contribution < 1.29 is 19.1 Å². The van der Waals surface area contributed by atoms with Crippen LogP contribution in [0.2, 0.25) is 5.02 Å². The fourth-order valence-electron chi connectivity index (χ4n) is 6.10. The highest BCUT2D eigenvalue weighted by Crippen LogP contribution is 2.51. The van der Waals surface area contributed by atoms with Crippen molar-refractivity contribution in [3.63, 3.8) is 0 Å². The molecule has 0 fully saturated rings. The maximum atomic E-state index is 13.5. The number of carbonyl (C=O) groups excluding carboxylic acids is 3. The lowest BCUT2D eigenvalue weighted by Crippen LogP contribution is -2.42. The molecule has 2 N–H and O–H groups in total. The van der Waals surface area contributed by atoms with Crippen molar-refractivity contribution >= 4 is 34.8 Å². The molecular formula is C32H35ClN2O4. The summed E-state index contributed by atoms with van der Waals surface area (Å²) in [7, 11) is 0. The lowest BCUT2D eigenvalue weighted by Gasteiger charge is -2.44. The van der Waals surface area contributed by atoms with Gasteiger partial charge in [-0.15, -0.1) is 0 Å². The molecule has 1 amide bonds. The van der Waals surface area contributed by atoms with E-state index < -0.39 is 5.92 Å². The first-order valence-corrected chi connectivity index (χ1v) is 13.8. The Bertz CT molecular complexity index is 1400. The summed E-state index contributed by atoms with van der Waals surface area (Å²) in [6, 6.07) is 12.9. The quantitative estimate of drug-likeness (QED) is 0.439. The average Bonchev–Trinajstić information content (AvgIpc) is 2.80. The van der Waals surface area contributed by atoms with Crippen LogP contribution >= 0.6 is 11.6 Å². The Hall–Kier alpha value is -3.38. The van der Waals surface area contributed by atoms with Crippen molar-refractivity contribution in [2.75, 3.05) is 11.9 Å². The monoisotopic (exact) mass is 546 g/mol. The molecule has 0 bridgehead atoms. The molecule has 2 aromatic carbocycles. The predicted octanol–water partition coefficient (Wildman–Crippen LogP) is 6.64. The van der Waals surface area contributed by atoms with Crippen LogP contribution in [-0.4, -0.2) is 24.1 Å². The highest BCUT2D eigenvalue weighted by Gasteiger charge is 2.46. The summed E-state index contributed by atoms with van der Waals surface area (Å²) in [5.74, 6) is -0.280. The summed E-state index contributed by atoms with van der Waals surface area (Å²) in [5, 5.41) is 6.67. The van der Waals surface area contributed by atoms with Crippen LogP contribution in [0.15, 0.2) is 65.0 Å². The number of carbonyl (C=O) groups is 3. The number of dihydropyridines is 1. The molecule has 7 heteroatoms. The van der Waals surface area contributed by atoms with Gasteiger partial charge in [0.1, 0.15) is 5.75 Å². The molecule has 1 heterocycles. The average molecular weight is 547 g/mol. The van der Waals surface area contributed by atoms with Gasteiger partial charge in [-0.05, 0) is 66.0 Å². The number of amides is 1. The van der Waals surface area contributed by atoms with Gasteiger partial charge >= 0.3 is 0 Å². The van der Waals surface area contributed by atoms with Gasteiger partial charge in [0.05, 0.1) is 5.02 Å². The number of nitrogens with one attached hydrogen (secondary N) is 2. The molecule has 6 nitrogen and oxygen atoms in total. The molecule has 3 aliphatic rings. The number of aryl methyl sites for hydroxylation is 1. The van der Waals surface area contributed by atoms with Crippen LogP contribution in [-0.2, 0) is 14.4 Å². The Balaban J connectivity index is 1.43. The predicted molar refractivity (Wildman–Crippen MR) is 153 cm³/mol. The van der Waals surface area contributed by atoms with Gasteiger partial charge in [-0.3, -0.25) is 14.4 Å². The number of allylic oxidation sites excluding steroid dienone is 4. The first-order valence-electron chi connectivity index (χ1n) is 13.4. The third kappa shape index (κ3) is 5.67. The molecule has 2 aromatic rings. The van der Waals surface area contributed by atoms with E-state index in [1.165, 1.54) is 0 Å². The molecule has 0 saturated carbocycles. The van der Waals surface area contributed by atoms with Crippen LogP contribution in [0.3, 0.4) is 0 Å². The molecule has 2 aliphatic carbocycles. The number of anilines is 1. The standard InChI is InChI=1S/C32H35ClN2O4/c1-18-7-6-8-20(11-18)34-27(38)17-39-26-10-9-19(12-21(26)33)28-29-22(13-31(2,3)15-24(29)36)35-23-14-32(4,5)16-25(37)30(23)28/h6-12,28,35H,13-17H2,1-5H3,(H,34,38). The normalized spacial score (nSPS) is 20.3. The van der Waals surface area contributed by atoms with Crippen molar-refractivity contribution in [3.05, 3.63) is 81.2 Å². The number of rotatable bonds is 5. The minimum Gasteiger partial charge on any atom is -0.482 e. The van der Waals surface area contributed by atoms with Crippen LogP contribution < -0.4 is 15.4 Å². The van der Waals surface area contributed by atoms with E-state index in [2.05, 4.69) is 38.3 Å². The van der Waals surface area contributed by atoms with Crippen LogP contribution in [0.1, 0.15) is 70.4 Å². The van der Waals surface area contributed by atoms with E-state index in [0.29, 0.717) is 40.4 Å². The molecule has 1 aliphatic heterocycles. The Morgan fingerprint density at radius 1 is 0.949 bits per heavy atom. The summed E-state index contributed by atoms with van der Waals surface area (Å²) in [4.78, 5) is 39.4. The maximum absolute atomic E-state index is 13.5. The van der Waals surface area contributed by atoms with Gasteiger partial charge < -0.3 is 15.4 Å². The van der Waals surface area contributed by atoms with Crippen molar-refractivity contribution in [3.8, 4) is 5.75 Å². The molecule has 0 spiro atoms. The Morgan fingerprint density at radius 2 is 1.56 bits per heavy atom. The van der Waals surface area contributed by atoms with Gasteiger partial charge in [0.25, 0.3) is 5.91 Å². The lowest BCUT2D eigenvalue weighted by molar-refractivity contribution is -0.119. The largest absolute Gasteiger partial charge is 0.482 e. The summed E-state index contributed by atoms with van der Waals surface area (Å²) < 4.78 is 5.74.